The van der Waals surface area contributed by atoms with E-state index in [2.05, 4.69) is 6.58 Å². The number of carbonyl (C=O) groups is 1. The van der Waals surface area contributed by atoms with Crippen LogP contribution in [0.5, 0.6) is 0 Å². The van der Waals surface area contributed by atoms with Gasteiger partial charge in [0.2, 0.25) is 5.91 Å². The molecule has 0 saturated heterocycles. The molecule has 2 heteroatoms. The zero-order valence-corrected chi connectivity index (χ0v) is 10.8. The Labute approximate surface area is 104 Å². The Bertz CT molecular complexity index is 312. The maximum Gasteiger partial charge on any atom is 0.245 e. The molecule has 4 aliphatic rings. The zero-order valence-electron chi connectivity index (χ0n) is 10.8. The monoisotopic (exact) mass is 233 g/mol. The summed E-state index contributed by atoms with van der Waals surface area (Å²) in [6, 6.07) is 0. The van der Waals surface area contributed by atoms with Gasteiger partial charge < -0.3 is 4.90 Å². The maximum absolute atomic E-state index is 11.6. The van der Waals surface area contributed by atoms with Gasteiger partial charge in [-0.15, -0.1) is 0 Å². The molecule has 0 unspecified atom stereocenters. The average molecular weight is 233 g/mol. The van der Waals surface area contributed by atoms with Crippen molar-refractivity contribution >= 4 is 5.91 Å². The van der Waals surface area contributed by atoms with Crippen molar-refractivity contribution in [1.29, 1.82) is 0 Å². The van der Waals surface area contributed by atoms with Crippen molar-refractivity contribution in [2.24, 2.45) is 23.2 Å². The molecule has 0 aromatic carbocycles. The summed E-state index contributed by atoms with van der Waals surface area (Å²) >= 11 is 0. The topological polar surface area (TPSA) is 20.3 Å². The minimum atomic E-state index is 0.0840. The predicted octanol–water partition coefficient (Wildman–Crippen LogP) is 2.85. The van der Waals surface area contributed by atoms with E-state index in [0.29, 0.717) is 5.41 Å². The molecule has 2 nitrogen and oxygen atoms in total. The van der Waals surface area contributed by atoms with Crippen LogP contribution in [0.1, 0.15) is 38.5 Å². The maximum atomic E-state index is 11.6. The summed E-state index contributed by atoms with van der Waals surface area (Å²) in [6.45, 7) is 4.54. The summed E-state index contributed by atoms with van der Waals surface area (Å²) in [6.07, 6.45) is 9.96. The number of likely N-dealkylation sites (N-methyl/N-ethyl adjacent to an activating group) is 1. The molecule has 4 saturated carbocycles. The van der Waals surface area contributed by atoms with Crippen molar-refractivity contribution in [3.63, 3.8) is 0 Å². The minimum Gasteiger partial charge on any atom is -0.342 e. The zero-order chi connectivity index (χ0) is 12.0. The normalized spacial score (nSPS) is 42.5. The molecular weight excluding hydrogens is 210 g/mol. The Morgan fingerprint density at radius 3 is 2.12 bits per heavy atom. The second-order valence-corrected chi connectivity index (χ2v) is 6.82. The number of nitrogens with zero attached hydrogens (tertiary/aromatic N) is 1. The van der Waals surface area contributed by atoms with Gasteiger partial charge in [0.1, 0.15) is 0 Å². The summed E-state index contributed by atoms with van der Waals surface area (Å²) in [7, 11) is 1.93. The van der Waals surface area contributed by atoms with Crippen LogP contribution in [0.3, 0.4) is 0 Å². The van der Waals surface area contributed by atoms with E-state index in [1.54, 1.807) is 0 Å². The van der Waals surface area contributed by atoms with Crippen LogP contribution in [-0.2, 0) is 4.79 Å². The smallest absolute Gasteiger partial charge is 0.245 e. The fourth-order valence-electron chi connectivity index (χ4n) is 5.22. The van der Waals surface area contributed by atoms with E-state index in [1.807, 2.05) is 11.9 Å². The van der Waals surface area contributed by atoms with Crippen molar-refractivity contribution in [3.8, 4) is 0 Å². The summed E-state index contributed by atoms with van der Waals surface area (Å²) in [4.78, 5) is 13.5. The molecule has 0 aromatic rings. The SMILES string of the molecule is C=CC(=O)N(C)CC12CC3CC(CC(C3)C1)C2. The summed E-state index contributed by atoms with van der Waals surface area (Å²) in [5.74, 6) is 2.98. The molecule has 0 spiro atoms. The third-order valence-electron chi connectivity index (χ3n) is 5.29. The third kappa shape index (κ3) is 1.92. The first-order valence-corrected chi connectivity index (χ1v) is 6.98. The Kier molecular flexibility index (Phi) is 2.57. The van der Waals surface area contributed by atoms with Gasteiger partial charge in [-0.25, -0.2) is 0 Å². The van der Waals surface area contributed by atoms with Gasteiger partial charge in [-0.05, 0) is 67.8 Å². The molecule has 4 fully saturated rings. The van der Waals surface area contributed by atoms with Gasteiger partial charge in [-0.1, -0.05) is 6.58 Å². The van der Waals surface area contributed by atoms with Crippen LogP contribution in [0, 0.1) is 23.2 Å². The van der Waals surface area contributed by atoms with Gasteiger partial charge in [0.25, 0.3) is 0 Å². The van der Waals surface area contributed by atoms with E-state index in [0.717, 1.165) is 24.3 Å². The predicted molar refractivity (Wildman–Crippen MR) is 68.4 cm³/mol. The van der Waals surface area contributed by atoms with E-state index in [4.69, 9.17) is 0 Å². The van der Waals surface area contributed by atoms with E-state index in [-0.39, 0.29) is 5.91 Å². The van der Waals surface area contributed by atoms with Crippen LogP contribution in [0.4, 0.5) is 0 Å². The lowest BCUT2D eigenvalue weighted by Gasteiger charge is -2.57. The third-order valence-corrected chi connectivity index (χ3v) is 5.29. The Morgan fingerprint density at radius 2 is 1.71 bits per heavy atom. The standard InChI is InChI=1S/C15H23NO/c1-3-14(17)16(2)10-15-7-11-4-12(8-15)6-13(5-11)9-15/h3,11-13H,1,4-10H2,2H3. The van der Waals surface area contributed by atoms with Gasteiger partial charge >= 0.3 is 0 Å². The first-order valence-electron chi connectivity index (χ1n) is 6.98. The first-order chi connectivity index (χ1) is 8.10. The van der Waals surface area contributed by atoms with Crippen LogP contribution in [0.15, 0.2) is 12.7 Å². The average Bonchev–Trinajstić information content (AvgIpc) is 2.25. The van der Waals surface area contributed by atoms with Gasteiger partial charge in [0.05, 0.1) is 0 Å². The fourth-order valence-corrected chi connectivity index (χ4v) is 5.22. The van der Waals surface area contributed by atoms with Crippen LogP contribution in [0.2, 0.25) is 0 Å². The minimum absolute atomic E-state index is 0.0840. The van der Waals surface area contributed by atoms with E-state index in [1.165, 1.54) is 44.6 Å². The van der Waals surface area contributed by atoms with Gasteiger partial charge in [0, 0.05) is 13.6 Å². The van der Waals surface area contributed by atoms with E-state index < -0.39 is 0 Å². The van der Waals surface area contributed by atoms with Crippen molar-refractivity contribution in [3.05, 3.63) is 12.7 Å². The molecule has 94 valence electrons. The molecule has 0 aliphatic heterocycles. The quantitative estimate of drug-likeness (QED) is 0.686. The Balaban J connectivity index is 1.74. The second kappa shape index (κ2) is 3.86. The van der Waals surface area contributed by atoms with Crippen LogP contribution in [-0.4, -0.2) is 24.4 Å². The molecule has 4 aliphatic carbocycles. The van der Waals surface area contributed by atoms with Crippen LogP contribution >= 0.6 is 0 Å². The number of hydrogen-bond acceptors (Lipinski definition) is 1. The lowest BCUT2D eigenvalue weighted by atomic mass is 9.49. The van der Waals surface area contributed by atoms with Gasteiger partial charge in [-0.2, -0.15) is 0 Å². The van der Waals surface area contributed by atoms with Crippen molar-refractivity contribution < 1.29 is 4.79 Å². The molecule has 0 heterocycles. The second-order valence-electron chi connectivity index (χ2n) is 6.82. The lowest BCUT2D eigenvalue weighted by Crippen LogP contribution is -2.51. The van der Waals surface area contributed by atoms with E-state index >= 15 is 0 Å². The van der Waals surface area contributed by atoms with Crippen LogP contribution < -0.4 is 0 Å². The van der Waals surface area contributed by atoms with Gasteiger partial charge in [0.15, 0.2) is 0 Å². The molecule has 4 bridgehead atoms. The highest BCUT2D eigenvalue weighted by Gasteiger charge is 2.51. The molecular formula is C15H23NO. The number of rotatable bonds is 3. The molecule has 17 heavy (non-hydrogen) atoms. The highest BCUT2D eigenvalue weighted by atomic mass is 16.2. The Hall–Kier alpha value is -0.790. The van der Waals surface area contributed by atoms with E-state index in [9.17, 15) is 4.79 Å². The molecule has 0 atom stereocenters. The van der Waals surface area contributed by atoms with Crippen LogP contribution in [0.25, 0.3) is 0 Å². The van der Waals surface area contributed by atoms with Crippen molar-refractivity contribution in [2.75, 3.05) is 13.6 Å². The fraction of sp³-hybridized carbons (Fsp3) is 0.800. The lowest BCUT2D eigenvalue weighted by molar-refractivity contribution is -0.130. The largest absolute Gasteiger partial charge is 0.342 e. The number of amides is 1. The highest BCUT2D eigenvalue weighted by molar-refractivity contribution is 5.86. The Morgan fingerprint density at radius 1 is 1.24 bits per heavy atom. The summed E-state index contributed by atoms with van der Waals surface area (Å²) in [5, 5.41) is 0. The number of carbonyl (C=O) groups excluding carboxylic acids is 1. The first kappa shape index (κ1) is 11.3. The van der Waals surface area contributed by atoms with Crippen molar-refractivity contribution in [1.82, 2.24) is 4.90 Å². The van der Waals surface area contributed by atoms with Gasteiger partial charge in [-0.3, -0.25) is 4.79 Å². The summed E-state index contributed by atoms with van der Waals surface area (Å²) in [5.41, 5.74) is 0.460. The molecule has 0 radical (unpaired) electrons. The summed E-state index contributed by atoms with van der Waals surface area (Å²) < 4.78 is 0. The number of hydrogen-bond donors (Lipinski definition) is 0. The molecule has 0 N–H and O–H groups in total. The molecule has 1 amide bonds. The molecule has 0 aromatic heterocycles. The molecule has 4 rings (SSSR count). The van der Waals surface area contributed by atoms with Crippen molar-refractivity contribution in [2.45, 2.75) is 38.5 Å². The highest BCUT2D eigenvalue weighted by Crippen LogP contribution is 2.60.